The lowest BCUT2D eigenvalue weighted by molar-refractivity contribution is -0.118. The molecule has 1 fully saturated rings. The van der Waals surface area contributed by atoms with Gasteiger partial charge < -0.3 is 10.2 Å². The number of nitrogens with zero attached hydrogens (tertiary/aromatic N) is 6. The third kappa shape index (κ3) is 5.39. The van der Waals surface area contributed by atoms with Crippen LogP contribution in [0.1, 0.15) is 50.9 Å². The van der Waals surface area contributed by atoms with E-state index in [-0.39, 0.29) is 24.5 Å². The van der Waals surface area contributed by atoms with E-state index < -0.39 is 0 Å². The predicted molar refractivity (Wildman–Crippen MR) is 136 cm³/mol. The van der Waals surface area contributed by atoms with E-state index in [0.29, 0.717) is 16.8 Å². The van der Waals surface area contributed by atoms with Crippen molar-refractivity contribution in [2.75, 3.05) is 37.4 Å². The SMILES string of the molecule is CC(C)n1nccc1NC(=O)CN1CCCC[C@H]1c1nc(N(C)C)ncc1-c1cccc(Cl)c1. The molecule has 0 saturated carbocycles. The van der Waals surface area contributed by atoms with E-state index in [1.807, 2.05) is 74.1 Å². The predicted octanol–water partition coefficient (Wildman–Crippen LogP) is 4.81. The molecule has 0 bridgehead atoms. The van der Waals surface area contributed by atoms with Gasteiger partial charge in [-0.05, 0) is 50.9 Å². The summed E-state index contributed by atoms with van der Waals surface area (Å²) in [4.78, 5) is 26.7. The second kappa shape index (κ2) is 10.5. The average molecular weight is 482 g/mol. The largest absolute Gasteiger partial charge is 0.347 e. The van der Waals surface area contributed by atoms with Crippen molar-refractivity contribution in [1.29, 1.82) is 0 Å². The summed E-state index contributed by atoms with van der Waals surface area (Å²) < 4.78 is 1.82. The van der Waals surface area contributed by atoms with Crippen LogP contribution in [-0.2, 0) is 4.79 Å². The molecule has 34 heavy (non-hydrogen) atoms. The van der Waals surface area contributed by atoms with Gasteiger partial charge >= 0.3 is 0 Å². The summed E-state index contributed by atoms with van der Waals surface area (Å²) in [5, 5.41) is 8.02. The van der Waals surface area contributed by atoms with Gasteiger partial charge in [0.05, 0.1) is 24.5 Å². The van der Waals surface area contributed by atoms with Crippen LogP contribution in [0.5, 0.6) is 0 Å². The van der Waals surface area contributed by atoms with Crippen LogP contribution in [0.4, 0.5) is 11.8 Å². The number of aromatic nitrogens is 4. The molecule has 0 unspecified atom stereocenters. The number of rotatable bonds is 7. The highest BCUT2D eigenvalue weighted by molar-refractivity contribution is 6.30. The summed E-state index contributed by atoms with van der Waals surface area (Å²) in [6, 6.07) is 9.76. The van der Waals surface area contributed by atoms with Crippen LogP contribution in [-0.4, -0.2) is 57.7 Å². The van der Waals surface area contributed by atoms with Crippen molar-refractivity contribution < 1.29 is 4.79 Å². The molecule has 1 atom stereocenters. The Hall–Kier alpha value is -2.97. The van der Waals surface area contributed by atoms with Gasteiger partial charge in [0.15, 0.2) is 0 Å². The molecule has 1 aliphatic heterocycles. The molecule has 180 valence electrons. The third-order valence-electron chi connectivity index (χ3n) is 6.04. The fraction of sp³-hybridized carbons (Fsp3) is 0.440. The molecule has 1 aliphatic rings. The molecule has 1 aromatic carbocycles. The highest BCUT2D eigenvalue weighted by Crippen LogP contribution is 2.36. The van der Waals surface area contributed by atoms with Crippen LogP contribution in [0.3, 0.4) is 0 Å². The zero-order valence-corrected chi connectivity index (χ0v) is 21.0. The number of hydrogen-bond donors (Lipinski definition) is 1. The molecule has 0 spiro atoms. The summed E-state index contributed by atoms with van der Waals surface area (Å²) >= 11 is 6.30. The van der Waals surface area contributed by atoms with Crippen molar-refractivity contribution >= 4 is 29.3 Å². The number of carbonyl (C=O) groups is 1. The summed E-state index contributed by atoms with van der Waals surface area (Å²) in [6.07, 6.45) is 6.64. The molecule has 4 rings (SSSR count). The molecular weight excluding hydrogens is 450 g/mol. The first-order valence-corrected chi connectivity index (χ1v) is 12.1. The van der Waals surface area contributed by atoms with Gasteiger partial charge in [-0.3, -0.25) is 9.69 Å². The monoisotopic (exact) mass is 481 g/mol. The normalized spacial score (nSPS) is 16.6. The Morgan fingerprint density at radius 2 is 2.09 bits per heavy atom. The van der Waals surface area contributed by atoms with Gasteiger partial charge in [-0.25, -0.2) is 14.6 Å². The van der Waals surface area contributed by atoms with E-state index in [1.54, 1.807) is 6.20 Å². The van der Waals surface area contributed by atoms with Gasteiger partial charge in [0.25, 0.3) is 0 Å². The van der Waals surface area contributed by atoms with Crippen molar-refractivity contribution in [3.05, 3.63) is 53.4 Å². The van der Waals surface area contributed by atoms with Gasteiger partial charge in [-0.15, -0.1) is 0 Å². The van der Waals surface area contributed by atoms with E-state index in [9.17, 15) is 4.79 Å². The maximum atomic E-state index is 13.1. The molecule has 3 aromatic rings. The highest BCUT2D eigenvalue weighted by Gasteiger charge is 2.30. The molecule has 3 heterocycles. The Morgan fingerprint density at radius 1 is 1.26 bits per heavy atom. The molecule has 0 radical (unpaired) electrons. The minimum Gasteiger partial charge on any atom is -0.347 e. The van der Waals surface area contributed by atoms with Crippen LogP contribution in [0.2, 0.25) is 5.02 Å². The smallest absolute Gasteiger partial charge is 0.239 e. The number of anilines is 2. The van der Waals surface area contributed by atoms with Gasteiger partial charge in [-0.2, -0.15) is 5.10 Å². The summed E-state index contributed by atoms with van der Waals surface area (Å²) in [6.45, 7) is 5.19. The molecule has 9 heteroatoms. The van der Waals surface area contributed by atoms with Gasteiger partial charge in [0.1, 0.15) is 5.82 Å². The lowest BCUT2D eigenvalue weighted by atomic mass is 9.94. The van der Waals surface area contributed by atoms with E-state index in [0.717, 1.165) is 42.6 Å². The minimum absolute atomic E-state index is 0.00481. The Morgan fingerprint density at radius 3 is 2.82 bits per heavy atom. The zero-order valence-electron chi connectivity index (χ0n) is 20.2. The Balaban J connectivity index is 1.64. The highest BCUT2D eigenvalue weighted by atomic mass is 35.5. The topological polar surface area (TPSA) is 79.2 Å². The summed E-state index contributed by atoms with van der Waals surface area (Å²) in [7, 11) is 3.87. The number of likely N-dealkylation sites (tertiary alicyclic amines) is 1. The van der Waals surface area contributed by atoms with E-state index in [2.05, 4.69) is 20.3 Å². The van der Waals surface area contributed by atoms with Gasteiger partial charge in [0, 0.05) is 43.0 Å². The van der Waals surface area contributed by atoms with Crippen molar-refractivity contribution in [1.82, 2.24) is 24.6 Å². The van der Waals surface area contributed by atoms with Crippen molar-refractivity contribution in [3.8, 4) is 11.1 Å². The molecule has 1 N–H and O–H groups in total. The second-order valence-electron chi connectivity index (χ2n) is 9.16. The third-order valence-corrected chi connectivity index (χ3v) is 6.28. The Labute approximate surface area is 205 Å². The van der Waals surface area contributed by atoms with Crippen LogP contribution < -0.4 is 10.2 Å². The fourth-order valence-electron chi connectivity index (χ4n) is 4.41. The Bertz CT molecular complexity index is 1140. The zero-order chi connectivity index (χ0) is 24.2. The lowest BCUT2D eigenvalue weighted by Crippen LogP contribution is -2.40. The number of piperidine rings is 1. The molecular formula is C25H32ClN7O. The van der Waals surface area contributed by atoms with E-state index in [4.69, 9.17) is 16.6 Å². The molecule has 1 amide bonds. The fourth-order valence-corrected chi connectivity index (χ4v) is 4.60. The first-order chi connectivity index (χ1) is 16.3. The second-order valence-corrected chi connectivity index (χ2v) is 9.60. The maximum absolute atomic E-state index is 13.1. The standard InChI is InChI=1S/C25H32ClN7O/c1-17(2)33-22(11-12-28-33)29-23(34)16-32-13-6-5-10-21(32)24-20(15-27-25(30-24)31(3)4)18-8-7-9-19(26)14-18/h7-9,11-12,14-15,17,21H,5-6,10,13,16H2,1-4H3,(H,29,34)/t21-/m0/s1. The summed E-state index contributed by atoms with van der Waals surface area (Å²) in [5.41, 5.74) is 2.85. The van der Waals surface area contributed by atoms with Gasteiger partial charge in [-0.1, -0.05) is 30.2 Å². The Kier molecular flexibility index (Phi) is 7.48. The average Bonchev–Trinajstić information content (AvgIpc) is 3.27. The molecule has 1 saturated heterocycles. The first-order valence-electron chi connectivity index (χ1n) is 11.7. The van der Waals surface area contributed by atoms with Crippen LogP contribution in [0.25, 0.3) is 11.1 Å². The lowest BCUT2D eigenvalue weighted by Gasteiger charge is -2.36. The first kappa shape index (κ1) is 24.2. The number of hydrogen-bond acceptors (Lipinski definition) is 6. The van der Waals surface area contributed by atoms with Crippen LogP contribution >= 0.6 is 11.6 Å². The number of amides is 1. The summed E-state index contributed by atoms with van der Waals surface area (Å²) in [5.74, 6) is 1.31. The minimum atomic E-state index is -0.0551. The molecule has 8 nitrogen and oxygen atoms in total. The quantitative estimate of drug-likeness (QED) is 0.522. The van der Waals surface area contributed by atoms with E-state index in [1.165, 1.54) is 0 Å². The number of halogens is 1. The number of benzene rings is 1. The molecule has 2 aromatic heterocycles. The van der Waals surface area contributed by atoms with Crippen molar-refractivity contribution in [3.63, 3.8) is 0 Å². The number of nitrogens with one attached hydrogen (secondary N) is 1. The van der Waals surface area contributed by atoms with Gasteiger partial charge in [0.2, 0.25) is 11.9 Å². The van der Waals surface area contributed by atoms with Crippen molar-refractivity contribution in [2.45, 2.75) is 45.2 Å². The molecule has 0 aliphatic carbocycles. The van der Waals surface area contributed by atoms with E-state index >= 15 is 0 Å². The van der Waals surface area contributed by atoms with Crippen LogP contribution in [0.15, 0.2) is 42.7 Å². The van der Waals surface area contributed by atoms with Crippen LogP contribution in [0, 0.1) is 0 Å². The van der Waals surface area contributed by atoms with Crippen molar-refractivity contribution in [2.24, 2.45) is 0 Å². The number of carbonyl (C=O) groups excluding carboxylic acids is 1. The maximum Gasteiger partial charge on any atom is 0.239 e.